The summed E-state index contributed by atoms with van der Waals surface area (Å²) in [5, 5.41) is 0.827. The highest BCUT2D eigenvalue weighted by Gasteiger charge is 2.17. The van der Waals surface area contributed by atoms with Crippen LogP contribution in [0.15, 0.2) is 30.3 Å². The zero-order valence-corrected chi connectivity index (χ0v) is 13.0. The number of hydrogen-bond donors (Lipinski definition) is 0. The molecule has 0 N–H and O–H groups in total. The Morgan fingerprint density at radius 2 is 1.63 bits per heavy atom. The molecule has 2 aromatic carbocycles. The van der Waals surface area contributed by atoms with Crippen LogP contribution in [0.5, 0.6) is 0 Å². The van der Waals surface area contributed by atoms with Crippen LogP contribution in [0, 0.1) is 18.6 Å². The molecule has 2 aromatic rings. The Labute approximate surface area is 128 Å². The lowest BCUT2D eigenvalue weighted by atomic mass is 10.0. The predicted molar refractivity (Wildman–Crippen MR) is 78.3 cm³/mol. The Morgan fingerprint density at radius 1 is 1.00 bits per heavy atom. The largest absolute Gasteiger partial charge is 0.204 e. The molecule has 5 heteroatoms. The van der Waals surface area contributed by atoms with Crippen LogP contribution >= 0.6 is 39.1 Å². The van der Waals surface area contributed by atoms with Crippen molar-refractivity contribution in [3.05, 3.63) is 68.7 Å². The topological polar surface area (TPSA) is 0 Å². The standard InChI is InChI=1S/C14H9BrCl2F2/c1-7-4-8(2-3-10(7)16)14(15)9-5-12(18)13(19)6-11(9)17/h2-6,14H,1H3. The molecule has 0 radical (unpaired) electrons. The van der Waals surface area contributed by atoms with E-state index in [0.29, 0.717) is 10.6 Å². The summed E-state index contributed by atoms with van der Waals surface area (Å²) < 4.78 is 26.4. The third kappa shape index (κ3) is 3.10. The van der Waals surface area contributed by atoms with Crippen LogP contribution in [-0.2, 0) is 0 Å². The molecule has 0 saturated heterocycles. The van der Waals surface area contributed by atoms with E-state index in [0.717, 1.165) is 23.3 Å². The molecule has 0 fully saturated rings. The fourth-order valence-corrected chi connectivity index (χ4v) is 2.91. The first-order valence-electron chi connectivity index (χ1n) is 5.44. The molecular weight excluding hydrogens is 357 g/mol. The highest BCUT2D eigenvalue weighted by Crippen LogP contribution is 2.37. The van der Waals surface area contributed by atoms with E-state index in [-0.39, 0.29) is 9.85 Å². The minimum atomic E-state index is -0.958. The number of halogens is 5. The smallest absolute Gasteiger partial charge is 0.160 e. The third-order valence-electron chi connectivity index (χ3n) is 2.79. The lowest BCUT2D eigenvalue weighted by Crippen LogP contribution is -1.97. The summed E-state index contributed by atoms with van der Waals surface area (Å²) in [6.45, 7) is 1.87. The van der Waals surface area contributed by atoms with Crippen molar-refractivity contribution < 1.29 is 8.78 Å². The second-order valence-corrected chi connectivity index (χ2v) is 5.89. The van der Waals surface area contributed by atoms with Gasteiger partial charge in [0, 0.05) is 10.0 Å². The van der Waals surface area contributed by atoms with E-state index in [9.17, 15) is 8.78 Å². The van der Waals surface area contributed by atoms with Crippen LogP contribution in [0.2, 0.25) is 10.0 Å². The van der Waals surface area contributed by atoms with Crippen LogP contribution in [-0.4, -0.2) is 0 Å². The minimum absolute atomic E-state index is 0.174. The lowest BCUT2D eigenvalue weighted by molar-refractivity contribution is 0.507. The Hall–Kier alpha value is -0.640. The van der Waals surface area contributed by atoms with Crippen molar-refractivity contribution in [1.82, 2.24) is 0 Å². The molecule has 1 unspecified atom stereocenters. The molecule has 0 saturated carbocycles. The summed E-state index contributed by atoms with van der Waals surface area (Å²) in [7, 11) is 0. The van der Waals surface area contributed by atoms with Crippen molar-refractivity contribution in [2.45, 2.75) is 11.8 Å². The van der Waals surface area contributed by atoms with E-state index in [1.54, 1.807) is 6.07 Å². The van der Waals surface area contributed by atoms with E-state index < -0.39 is 11.6 Å². The summed E-state index contributed by atoms with van der Waals surface area (Å²) in [4.78, 5) is -0.328. The van der Waals surface area contributed by atoms with Gasteiger partial charge >= 0.3 is 0 Å². The second-order valence-electron chi connectivity index (χ2n) is 4.16. The van der Waals surface area contributed by atoms with Gasteiger partial charge in [0.05, 0.1) is 4.83 Å². The summed E-state index contributed by atoms with van der Waals surface area (Å²) >= 11 is 15.4. The van der Waals surface area contributed by atoms with Gasteiger partial charge in [-0.05, 0) is 41.8 Å². The molecule has 0 aromatic heterocycles. The van der Waals surface area contributed by atoms with Crippen molar-refractivity contribution in [2.24, 2.45) is 0 Å². The molecule has 2 rings (SSSR count). The highest BCUT2D eigenvalue weighted by molar-refractivity contribution is 9.09. The monoisotopic (exact) mass is 364 g/mol. The molecule has 0 spiro atoms. The number of alkyl halides is 1. The zero-order valence-electron chi connectivity index (χ0n) is 9.85. The first-order chi connectivity index (χ1) is 8.90. The first kappa shape index (κ1) is 14.8. The van der Waals surface area contributed by atoms with Gasteiger partial charge < -0.3 is 0 Å². The normalized spacial score (nSPS) is 12.5. The van der Waals surface area contributed by atoms with Gasteiger partial charge in [-0.3, -0.25) is 0 Å². The van der Waals surface area contributed by atoms with Crippen LogP contribution in [0.4, 0.5) is 8.78 Å². The molecule has 0 nitrogen and oxygen atoms in total. The van der Waals surface area contributed by atoms with Gasteiger partial charge in [0.15, 0.2) is 11.6 Å². The van der Waals surface area contributed by atoms with E-state index in [1.807, 2.05) is 19.1 Å². The van der Waals surface area contributed by atoms with Crippen molar-refractivity contribution in [2.75, 3.05) is 0 Å². The van der Waals surface area contributed by atoms with Gasteiger partial charge in [-0.15, -0.1) is 0 Å². The molecule has 0 aliphatic carbocycles. The van der Waals surface area contributed by atoms with Crippen molar-refractivity contribution in [1.29, 1.82) is 0 Å². The van der Waals surface area contributed by atoms with Gasteiger partial charge in [0.25, 0.3) is 0 Å². The van der Waals surface area contributed by atoms with Crippen molar-refractivity contribution >= 4 is 39.1 Å². The number of rotatable bonds is 2. The molecule has 0 aliphatic rings. The van der Waals surface area contributed by atoms with E-state index >= 15 is 0 Å². The molecule has 0 heterocycles. The summed E-state index contributed by atoms with van der Waals surface area (Å²) in [6, 6.07) is 7.52. The van der Waals surface area contributed by atoms with E-state index in [4.69, 9.17) is 23.2 Å². The van der Waals surface area contributed by atoms with Crippen molar-refractivity contribution in [3.63, 3.8) is 0 Å². The maximum absolute atomic E-state index is 13.3. The minimum Gasteiger partial charge on any atom is -0.204 e. The molecule has 1 atom stereocenters. The molecule has 0 amide bonds. The summed E-state index contributed by atoms with van der Waals surface area (Å²) in [6.07, 6.45) is 0. The van der Waals surface area contributed by atoms with E-state index in [2.05, 4.69) is 15.9 Å². The summed E-state index contributed by atoms with van der Waals surface area (Å²) in [5.41, 5.74) is 2.25. The van der Waals surface area contributed by atoms with Gasteiger partial charge in [-0.1, -0.05) is 51.3 Å². The Bertz CT molecular complexity index is 629. The second kappa shape index (κ2) is 5.78. The molecular formula is C14H9BrCl2F2. The van der Waals surface area contributed by atoms with Gasteiger partial charge in [-0.25, -0.2) is 8.78 Å². The fraction of sp³-hybridized carbons (Fsp3) is 0.143. The van der Waals surface area contributed by atoms with Gasteiger partial charge in [0.2, 0.25) is 0 Å². The maximum atomic E-state index is 13.3. The molecule has 19 heavy (non-hydrogen) atoms. The van der Waals surface area contributed by atoms with Crippen LogP contribution in [0.1, 0.15) is 21.5 Å². The Kier molecular flexibility index (Phi) is 4.49. The predicted octanol–water partition coefficient (Wildman–Crippen LogP) is 6.06. The maximum Gasteiger partial charge on any atom is 0.160 e. The Balaban J connectivity index is 2.46. The van der Waals surface area contributed by atoms with Crippen molar-refractivity contribution in [3.8, 4) is 0 Å². The number of benzene rings is 2. The third-order valence-corrected chi connectivity index (χ3v) is 4.56. The van der Waals surface area contributed by atoms with Gasteiger partial charge in [-0.2, -0.15) is 0 Å². The first-order valence-corrected chi connectivity index (χ1v) is 7.12. The van der Waals surface area contributed by atoms with E-state index in [1.165, 1.54) is 0 Å². The van der Waals surface area contributed by atoms with Crippen LogP contribution in [0.25, 0.3) is 0 Å². The SMILES string of the molecule is Cc1cc(C(Br)c2cc(F)c(F)cc2Cl)ccc1Cl. The zero-order chi connectivity index (χ0) is 14.2. The molecule has 0 bridgehead atoms. The highest BCUT2D eigenvalue weighted by atomic mass is 79.9. The van der Waals surface area contributed by atoms with Crippen LogP contribution < -0.4 is 0 Å². The summed E-state index contributed by atoms with van der Waals surface area (Å²) in [5.74, 6) is -1.88. The Morgan fingerprint density at radius 3 is 2.26 bits per heavy atom. The molecule has 100 valence electrons. The molecule has 0 aliphatic heterocycles. The lowest BCUT2D eigenvalue weighted by Gasteiger charge is -2.14. The number of aryl methyl sites for hydroxylation is 1. The average molecular weight is 366 g/mol. The average Bonchev–Trinajstić information content (AvgIpc) is 2.36. The number of hydrogen-bond acceptors (Lipinski definition) is 0. The van der Waals surface area contributed by atoms with Gasteiger partial charge in [0.1, 0.15) is 0 Å². The quantitative estimate of drug-likeness (QED) is 0.448. The fourth-order valence-electron chi connectivity index (χ4n) is 1.74. The van der Waals surface area contributed by atoms with Crippen LogP contribution in [0.3, 0.4) is 0 Å².